The van der Waals surface area contributed by atoms with Gasteiger partial charge in [0.15, 0.2) is 0 Å². The van der Waals surface area contributed by atoms with E-state index in [-0.39, 0.29) is 6.09 Å². The second kappa shape index (κ2) is 9.51. The van der Waals surface area contributed by atoms with Crippen molar-refractivity contribution in [2.75, 3.05) is 19.7 Å². The van der Waals surface area contributed by atoms with E-state index in [2.05, 4.69) is 6.92 Å². The van der Waals surface area contributed by atoms with Crippen molar-refractivity contribution in [1.29, 1.82) is 0 Å². The number of carboxylic acid groups (broad SMARTS) is 1. The Kier molecular flexibility index (Phi) is 7.55. The predicted molar refractivity (Wildman–Crippen MR) is 113 cm³/mol. The minimum atomic E-state index is -0.905. The number of ether oxygens (including phenoxy) is 2. The number of carbonyl (C=O) groups excluding carboxylic acids is 1. The summed E-state index contributed by atoms with van der Waals surface area (Å²) in [5.74, 6) is 0.876. The van der Waals surface area contributed by atoms with Crippen LogP contribution < -0.4 is 4.74 Å². The summed E-state index contributed by atoms with van der Waals surface area (Å²) in [7, 11) is 0. The van der Waals surface area contributed by atoms with Gasteiger partial charge in [-0.1, -0.05) is 6.92 Å². The van der Waals surface area contributed by atoms with Crippen LogP contribution >= 0.6 is 0 Å². The third-order valence-electron chi connectivity index (χ3n) is 5.56. The van der Waals surface area contributed by atoms with Crippen molar-refractivity contribution in [3.63, 3.8) is 0 Å². The van der Waals surface area contributed by atoms with Crippen LogP contribution in [0.2, 0.25) is 0 Å². The summed E-state index contributed by atoms with van der Waals surface area (Å²) in [6.07, 6.45) is 2.66. The number of nitrogens with zero attached hydrogens (tertiary/aromatic N) is 1. The number of benzene rings is 1. The molecular formula is C23H35NO5. The quantitative estimate of drug-likeness (QED) is 0.716. The molecule has 0 radical (unpaired) electrons. The summed E-state index contributed by atoms with van der Waals surface area (Å²) in [5, 5.41) is 9.27. The van der Waals surface area contributed by atoms with Crippen LogP contribution in [0.5, 0.6) is 5.75 Å². The molecule has 1 fully saturated rings. The molecule has 1 aromatic rings. The van der Waals surface area contributed by atoms with Gasteiger partial charge >= 0.3 is 12.1 Å². The summed E-state index contributed by atoms with van der Waals surface area (Å²) < 4.78 is 11.4. The van der Waals surface area contributed by atoms with E-state index in [9.17, 15) is 14.7 Å². The van der Waals surface area contributed by atoms with Gasteiger partial charge in [0.2, 0.25) is 0 Å². The average molecular weight is 406 g/mol. The molecule has 6 heteroatoms. The molecule has 1 aromatic carbocycles. The van der Waals surface area contributed by atoms with Gasteiger partial charge in [0, 0.05) is 13.1 Å². The Hall–Kier alpha value is -2.24. The maximum Gasteiger partial charge on any atom is 0.410 e. The van der Waals surface area contributed by atoms with E-state index < -0.39 is 11.6 Å². The van der Waals surface area contributed by atoms with Crippen LogP contribution in [0.15, 0.2) is 12.1 Å². The van der Waals surface area contributed by atoms with Crippen LogP contribution in [0, 0.1) is 25.7 Å². The average Bonchev–Trinajstić information content (AvgIpc) is 2.59. The molecule has 1 aliphatic heterocycles. The lowest BCUT2D eigenvalue weighted by atomic mass is 9.84. The van der Waals surface area contributed by atoms with Crippen LogP contribution in [0.3, 0.4) is 0 Å². The Bertz CT molecular complexity index is 706. The number of piperidine rings is 1. The monoisotopic (exact) mass is 405 g/mol. The first kappa shape index (κ1) is 23.0. The fourth-order valence-corrected chi connectivity index (χ4v) is 3.92. The second-order valence-electron chi connectivity index (χ2n) is 9.16. The van der Waals surface area contributed by atoms with Gasteiger partial charge in [-0.05, 0) is 89.0 Å². The zero-order chi connectivity index (χ0) is 21.8. The Morgan fingerprint density at radius 1 is 1.17 bits per heavy atom. The Balaban J connectivity index is 1.79. The van der Waals surface area contributed by atoms with Gasteiger partial charge < -0.3 is 19.5 Å². The Morgan fingerprint density at radius 3 is 2.21 bits per heavy atom. The van der Waals surface area contributed by atoms with E-state index in [1.165, 1.54) is 0 Å². The summed E-state index contributed by atoms with van der Waals surface area (Å²) >= 11 is 0. The number of carbonyl (C=O) groups is 2. The lowest BCUT2D eigenvalue weighted by Crippen LogP contribution is -2.42. The highest BCUT2D eigenvalue weighted by Gasteiger charge is 2.29. The molecule has 1 N–H and O–H groups in total. The van der Waals surface area contributed by atoms with Crippen LogP contribution in [-0.4, -0.2) is 47.4 Å². The molecule has 1 saturated heterocycles. The molecule has 29 heavy (non-hydrogen) atoms. The highest BCUT2D eigenvalue weighted by atomic mass is 16.6. The zero-order valence-corrected chi connectivity index (χ0v) is 18.6. The molecule has 0 bridgehead atoms. The predicted octanol–water partition coefficient (Wildman–Crippen LogP) is 5.05. The zero-order valence-electron chi connectivity index (χ0n) is 18.6. The molecule has 0 aromatic heterocycles. The lowest BCUT2D eigenvalue weighted by molar-refractivity contribution is 0.0157. The molecule has 1 heterocycles. The molecule has 6 nitrogen and oxygen atoms in total. The minimum Gasteiger partial charge on any atom is -0.494 e. The van der Waals surface area contributed by atoms with E-state index in [4.69, 9.17) is 9.47 Å². The SMILES string of the molecule is Cc1cc(OCC[C@@H](C)C2CCN(C(=O)OC(C)(C)C)CC2)cc(C)c1C(=O)O. The Morgan fingerprint density at radius 2 is 1.72 bits per heavy atom. The number of aryl methyl sites for hydroxylation is 2. The van der Waals surface area contributed by atoms with Gasteiger partial charge in [-0.15, -0.1) is 0 Å². The second-order valence-corrected chi connectivity index (χ2v) is 9.16. The third kappa shape index (κ3) is 6.65. The fraction of sp³-hybridized carbons (Fsp3) is 0.652. The number of likely N-dealkylation sites (tertiary alicyclic amines) is 1. The highest BCUT2D eigenvalue weighted by Crippen LogP contribution is 2.28. The first-order valence-electron chi connectivity index (χ1n) is 10.4. The Labute approximate surface area is 174 Å². The van der Waals surface area contributed by atoms with Crippen molar-refractivity contribution >= 4 is 12.1 Å². The normalized spacial score (nSPS) is 16.4. The van der Waals surface area contributed by atoms with Crippen molar-refractivity contribution in [2.45, 2.75) is 66.4 Å². The summed E-state index contributed by atoms with van der Waals surface area (Å²) in [4.78, 5) is 25.3. The highest BCUT2D eigenvalue weighted by molar-refractivity contribution is 5.91. The first-order chi connectivity index (χ1) is 13.5. The van der Waals surface area contributed by atoms with Gasteiger partial charge in [0.1, 0.15) is 11.4 Å². The van der Waals surface area contributed by atoms with E-state index in [0.717, 1.165) is 49.2 Å². The van der Waals surface area contributed by atoms with Crippen molar-refractivity contribution in [1.82, 2.24) is 4.90 Å². The number of rotatable bonds is 6. The van der Waals surface area contributed by atoms with Crippen molar-refractivity contribution < 1.29 is 24.2 Å². The standard InChI is InChI=1S/C23H35NO5/c1-15(18-7-10-24(11-8-18)22(27)29-23(4,5)6)9-12-28-19-13-16(2)20(21(25)26)17(3)14-19/h13-15,18H,7-12H2,1-6H3,(H,25,26)/t15-/m1/s1. The smallest absolute Gasteiger partial charge is 0.410 e. The minimum absolute atomic E-state index is 0.220. The third-order valence-corrected chi connectivity index (χ3v) is 5.56. The van der Waals surface area contributed by atoms with E-state index >= 15 is 0 Å². The summed E-state index contributed by atoms with van der Waals surface area (Å²) in [6.45, 7) is 13.6. The molecule has 0 unspecified atom stereocenters. The number of amides is 1. The maximum absolute atomic E-state index is 12.2. The van der Waals surface area contributed by atoms with Gasteiger partial charge in [0.25, 0.3) is 0 Å². The van der Waals surface area contributed by atoms with Gasteiger partial charge in [-0.3, -0.25) is 0 Å². The van der Waals surface area contributed by atoms with Crippen molar-refractivity contribution in [3.05, 3.63) is 28.8 Å². The van der Waals surface area contributed by atoms with Gasteiger partial charge in [0.05, 0.1) is 12.2 Å². The number of carboxylic acids is 1. The first-order valence-corrected chi connectivity index (χ1v) is 10.4. The van der Waals surface area contributed by atoms with Gasteiger partial charge in [-0.25, -0.2) is 9.59 Å². The molecule has 1 aliphatic rings. The number of hydrogen-bond acceptors (Lipinski definition) is 4. The van der Waals surface area contributed by atoms with E-state index in [1.54, 1.807) is 30.9 Å². The molecule has 0 saturated carbocycles. The van der Waals surface area contributed by atoms with Crippen LogP contribution in [-0.2, 0) is 4.74 Å². The lowest BCUT2D eigenvalue weighted by Gasteiger charge is -2.35. The molecular weight excluding hydrogens is 370 g/mol. The molecule has 0 aliphatic carbocycles. The topological polar surface area (TPSA) is 76.1 Å². The maximum atomic E-state index is 12.2. The molecule has 162 valence electrons. The molecule has 1 amide bonds. The molecule has 2 rings (SSSR count). The fourth-order valence-electron chi connectivity index (χ4n) is 3.92. The largest absolute Gasteiger partial charge is 0.494 e. The molecule has 0 spiro atoms. The van der Waals surface area contributed by atoms with Crippen molar-refractivity contribution in [3.8, 4) is 5.75 Å². The number of aromatic carboxylic acids is 1. The van der Waals surface area contributed by atoms with E-state index in [0.29, 0.717) is 24.0 Å². The summed E-state index contributed by atoms with van der Waals surface area (Å²) in [6, 6.07) is 3.58. The number of hydrogen-bond donors (Lipinski definition) is 1. The van der Waals surface area contributed by atoms with Crippen LogP contribution in [0.25, 0.3) is 0 Å². The van der Waals surface area contributed by atoms with Gasteiger partial charge in [-0.2, -0.15) is 0 Å². The van der Waals surface area contributed by atoms with Crippen LogP contribution in [0.4, 0.5) is 4.79 Å². The molecule has 1 atom stereocenters. The van der Waals surface area contributed by atoms with Crippen molar-refractivity contribution in [2.24, 2.45) is 11.8 Å². The summed E-state index contributed by atoms with van der Waals surface area (Å²) in [5.41, 5.74) is 1.32. The van der Waals surface area contributed by atoms with Crippen LogP contribution in [0.1, 0.15) is 68.4 Å². The van der Waals surface area contributed by atoms with E-state index in [1.807, 2.05) is 20.8 Å².